The molecule has 0 unspecified atom stereocenters. The molecular weight excluding hydrogens is 454 g/mol. The number of H-pyrrole nitrogens is 1. The number of rotatable bonds is 9. The quantitative estimate of drug-likeness (QED) is 0.213. The number of para-hydroxylation sites is 2. The van der Waals surface area contributed by atoms with Gasteiger partial charge in [-0.3, -0.25) is 14.6 Å². The average Bonchev–Trinajstić information content (AvgIpc) is 3.16. The Balaban J connectivity index is 1.21. The molecule has 34 heavy (non-hydrogen) atoms. The number of anilines is 2. The lowest BCUT2D eigenvalue weighted by atomic mass is 10.1. The van der Waals surface area contributed by atoms with E-state index in [9.17, 15) is 14.7 Å². The van der Waals surface area contributed by atoms with Gasteiger partial charge in [0.05, 0.1) is 16.3 Å². The maximum absolute atomic E-state index is 12.4. The number of hydrogen-bond donors (Lipinski definition) is 4. The fraction of sp³-hybridized carbons (Fsp3) is 0.120. The highest BCUT2D eigenvalue weighted by Gasteiger charge is 2.09. The monoisotopic (exact) mass is 477 g/mol. The summed E-state index contributed by atoms with van der Waals surface area (Å²) in [5.74, 6) is 0.977. The first-order valence-corrected chi connectivity index (χ1v) is 11.3. The molecule has 0 fully saturated rings. The van der Waals surface area contributed by atoms with Crippen molar-refractivity contribution < 1.29 is 19.4 Å². The molecule has 0 aliphatic carbocycles. The minimum Gasteiger partial charge on any atom is -0.494 e. The van der Waals surface area contributed by atoms with Crippen LogP contribution in [0, 0.1) is 0 Å². The topological polar surface area (TPSA) is 127 Å². The molecule has 8 nitrogen and oxygen atoms in total. The van der Waals surface area contributed by atoms with E-state index >= 15 is 0 Å². The number of amides is 1. The van der Waals surface area contributed by atoms with Crippen LogP contribution < -0.4 is 25.4 Å². The zero-order chi connectivity index (χ0) is 23.9. The summed E-state index contributed by atoms with van der Waals surface area (Å²) in [4.78, 5) is 26.3. The molecule has 0 spiro atoms. The number of carbonyl (C=O) groups is 1. The number of nitrogens with two attached hydrogens (primary N) is 1. The second kappa shape index (κ2) is 10.6. The Morgan fingerprint density at radius 3 is 2.15 bits per heavy atom. The normalized spacial score (nSPS) is 10.6. The van der Waals surface area contributed by atoms with Crippen LogP contribution >= 0.6 is 11.3 Å². The van der Waals surface area contributed by atoms with Crippen molar-refractivity contribution in [1.82, 2.24) is 4.98 Å². The molecule has 0 atom stereocenters. The van der Waals surface area contributed by atoms with Crippen LogP contribution in [0.1, 0.15) is 20.8 Å². The molecular formula is C25H23N3O5S. The Kier molecular flexibility index (Phi) is 7.14. The van der Waals surface area contributed by atoms with Crippen molar-refractivity contribution in [3.8, 4) is 17.4 Å². The Bertz CT molecular complexity index is 1310. The minimum absolute atomic E-state index is 0.0815. The maximum Gasteiger partial charge on any atom is 0.307 e. The van der Waals surface area contributed by atoms with Crippen LogP contribution in [-0.4, -0.2) is 29.2 Å². The molecule has 0 bridgehead atoms. The number of aromatic amines is 1. The molecule has 4 aromatic rings. The number of thiazole rings is 1. The fourth-order valence-electron chi connectivity index (χ4n) is 3.19. The summed E-state index contributed by atoms with van der Waals surface area (Å²) in [6.07, 6.45) is 0.464. The third kappa shape index (κ3) is 5.96. The third-order valence-electron chi connectivity index (χ3n) is 4.93. The zero-order valence-electron chi connectivity index (χ0n) is 18.1. The number of aromatic hydroxyl groups is 1. The second-order valence-corrected chi connectivity index (χ2v) is 8.44. The van der Waals surface area contributed by atoms with Crippen LogP contribution in [0.5, 0.6) is 17.4 Å². The van der Waals surface area contributed by atoms with E-state index in [4.69, 9.17) is 15.2 Å². The first kappa shape index (κ1) is 22.9. The van der Waals surface area contributed by atoms with Gasteiger partial charge in [-0.25, -0.2) is 0 Å². The summed E-state index contributed by atoms with van der Waals surface area (Å²) >= 11 is 0.995. The molecule has 1 amide bonds. The van der Waals surface area contributed by atoms with Crippen LogP contribution in [0.4, 0.5) is 11.4 Å². The van der Waals surface area contributed by atoms with Crippen LogP contribution in [0.2, 0.25) is 0 Å². The lowest BCUT2D eigenvalue weighted by Gasteiger charge is -2.10. The molecule has 0 radical (unpaired) electrons. The highest BCUT2D eigenvalue weighted by molar-refractivity contribution is 7.09. The Morgan fingerprint density at radius 1 is 0.941 bits per heavy atom. The van der Waals surface area contributed by atoms with Gasteiger partial charge in [0, 0.05) is 12.0 Å². The third-order valence-corrected chi connectivity index (χ3v) is 5.81. The van der Waals surface area contributed by atoms with Crippen molar-refractivity contribution >= 4 is 28.6 Å². The largest absolute Gasteiger partial charge is 0.494 e. The van der Waals surface area contributed by atoms with Gasteiger partial charge < -0.3 is 25.6 Å². The van der Waals surface area contributed by atoms with Gasteiger partial charge in [0.15, 0.2) is 0 Å². The van der Waals surface area contributed by atoms with Gasteiger partial charge in [-0.2, -0.15) is 0 Å². The number of hydrogen-bond acceptors (Lipinski definition) is 7. The lowest BCUT2D eigenvalue weighted by Crippen LogP contribution is -2.13. The first-order valence-electron chi connectivity index (χ1n) is 10.5. The molecule has 0 saturated carbocycles. The summed E-state index contributed by atoms with van der Waals surface area (Å²) in [6.45, 7) is 0.675. The fourth-order valence-corrected chi connectivity index (χ4v) is 3.95. The van der Waals surface area contributed by atoms with Gasteiger partial charge in [0.1, 0.15) is 24.7 Å². The standard InChI is InChI=1S/C25H23N3O5S/c26-20-3-1-2-4-21(20)27-23(29)17-7-11-19(12-8-17)33-14-13-32-18-9-5-16(6-10-18)15-22-24(30)28-25(31)34-22/h1-12,30H,13-15,26H2,(H,27,29)(H,28,31). The van der Waals surface area contributed by atoms with E-state index in [0.29, 0.717) is 52.9 Å². The number of benzene rings is 3. The highest BCUT2D eigenvalue weighted by Crippen LogP contribution is 2.22. The van der Waals surface area contributed by atoms with Crippen LogP contribution in [0.15, 0.2) is 77.6 Å². The molecule has 9 heteroatoms. The van der Waals surface area contributed by atoms with Gasteiger partial charge in [0.25, 0.3) is 5.91 Å². The van der Waals surface area contributed by atoms with E-state index in [0.717, 1.165) is 16.9 Å². The Hall–Kier alpha value is -4.24. The van der Waals surface area contributed by atoms with Gasteiger partial charge in [-0.15, -0.1) is 0 Å². The van der Waals surface area contributed by atoms with Crippen LogP contribution in [0.25, 0.3) is 0 Å². The van der Waals surface area contributed by atoms with Crippen LogP contribution in [-0.2, 0) is 6.42 Å². The van der Waals surface area contributed by atoms with E-state index in [-0.39, 0.29) is 16.7 Å². The van der Waals surface area contributed by atoms with Crippen molar-refractivity contribution in [3.05, 3.63) is 98.5 Å². The summed E-state index contributed by atoms with van der Waals surface area (Å²) in [5, 5.41) is 12.5. The predicted molar refractivity (Wildman–Crippen MR) is 132 cm³/mol. The smallest absolute Gasteiger partial charge is 0.307 e. The molecule has 5 N–H and O–H groups in total. The van der Waals surface area contributed by atoms with E-state index < -0.39 is 0 Å². The van der Waals surface area contributed by atoms with Crippen molar-refractivity contribution in [2.24, 2.45) is 0 Å². The molecule has 4 rings (SSSR count). The maximum atomic E-state index is 12.4. The molecule has 1 heterocycles. The molecule has 0 saturated heterocycles. The van der Waals surface area contributed by atoms with Crippen molar-refractivity contribution in [2.75, 3.05) is 24.3 Å². The van der Waals surface area contributed by atoms with E-state index in [2.05, 4.69) is 10.3 Å². The van der Waals surface area contributed by atoms with Gasteiger partial charge in [0.2, 0.25) is 5.88 Å². The number of nitrogen functional groups attached to an aromatic ring is 1. The zero-order valence-corrected chi connectivity index (χ0v) is 18.9. The summed E-state index contributed by atoms with van der Waals surface area (Å²) in [5.41, 5.74) is 8.37. The molecule has 174 valence electrons. The SMILES string of the molecule is Nc1ccccc1NC(=O)c1ccc(OCCOc2ccc(Cc3sc(=O)[nH]c3O)cc2)cc1. The molecule has 0 aliphatic heterocycles. The van der Waals surface area contributed by atoms with Crippen molar-refractivity contribution in [1.29, 1.82) is 0 Å². The molecule has 3 aromatic carbocycles. The minimum atomic E-state index is -0.275. The molecule has 1 aromatic heterocycles. The average molecular weight is 478 g/mol. The highest BCUT2D eigenvalue weighted by atomic mass is 32.1. The van der Waals surface area contributed by atoms with E-state index in [1.165, 1.54) is 0 Å². The van der Waals surface area contributed by atoms with Crippen LogP contribution in [0.3, 0.4) is 0 Å². The molecule has 0 aliphatic rings. The predicted octanol–water partition coefficient (Wildman–Crippen LogP) is 4.03. The summed E-state index contributed by atoms with van der Waals surface area (Å²) in [7, 11) is 0. The number of aromatic nitrogens is 1. The van der Waals surface area contributed by atoms with Crippen molar-refractivity contribution in [3.63, 3.8) is 0 Å². The van der Waals surface area contributed by atoms with E-state index in [1.54, 1.807) is 48.5 Å². The van der Waals surface area contributed by atoms with Gasteiger partial charge in [-0.1, -0.05) is 35.6 Å². The first-order chi connectivity index (χ1) is 16.5. The summed E-state index contributed by atoms with van der Waals surface area (Å²) in [6, 6.07) is 21.3. The lowest BCUT2D eigenvalue weighted by molar-refractivity contribution is 0.102. The van der Waals surface area contributed by atoms with Gasteiger partial charge >= 0.3 is 4.87 Å². The number of ether oxygens (including phenoxy) is 2. The Morgan fingerprint density at radius 2 is 1.56 bits per heavy atom. The second-order valence-electron chi connectivity index (χ2n) is 7.37. The Labute approximate surface area is 199 Å². The number of carbonyl (C=O) groups excluding carboxylic acids is 1. The van der Waals surface area contributed by atoms with Gasteiger partial charge in [-0.05, 0) is 54.1 Å². The van der Waals surface area contributed by atoms with E-state index in [1.807, 2.05) is 24.3 Å². The summed E-state index contributed by atoms with van der Waals surface area (Å²) < 4.78 is 11.4. The number of nitrogens with one attached hydrogen (secondary N) is 2. The van der Waals surface area contributed by atoms with Crippen molar-refractivity contribution in [2.45, 2.75) is 6.42 Å².